The lowest BCUT2D eigenvalue weighted by atomic mass is 9.94. The lowest BCUT2D eigenvalue weighted by Crippen LogP contribution is -2.58. The number of sulfone groups is 4. The number of thioether (sulfide) groups is 1. The number of hydrogen-bond acceptors (Lipinski definition) is 29. The number of nitrogens with one attached hydrogen (secondary N) is 4. The van der Waals surface area contributed by atoms with Gasteiger partial charge in [0.05, 0.1) is 50.5 Å². The molecule has 8 N–H and O–H groups in total. The van der Waals surface area contributed by atoms with Gasteiger partial charge in [0.1, 0.15) is 51.7 Å². The van der Waals surface area contributed by atoms with Gasteiger partial charge in [0.25, 0.3) is 23.6 Å². The van der Waals surface area contributed by atoms with Crippen molar-refractivity contribution in [3.05, 3.63) is 205 Å². The normalized spacial score (nSPS) is 16.7. The standard InChI is InChI=1S/C22H25F3N2O7S.C22H25F3N2O6S2.C22H25F3N2O6S.C22H23F3N2O5S.4ClH/c1-32-15-14-27-12-10-21(11-13-27,20(28)26-29)35(30,31)19-8-6-17(7-9-19)33-16-2-4-18(5-3-16)34-22(23,24)25;1-32-15-14-27-12-10-21(11-13-27,20(28)26-29)35(30,31)19-8-4-17(5-9-19)33-16-2-6-18(7-3-16)34-22(23,24)25;1-32-15-14-27-12-10-21(11-13-27,20(28)26-29)34(30,31)19-8-6-18(7-9-19)33-17-4-2-16(3-5-17)22(23,24)25;23-22(24,25)15-1-5-17(6-2-15)32-18-7-9-19(10-8-18)33(30,31)21(20(28)26-29)11-13-27(14-12-21)16-3-4-16;;;;/h2*2-9,29H,10-15H2,1H3,(H,26,28);2-9,29H,10-15H2,1H3,(H,26,28);1-2,5-10,16,29H,3-4,11-14H2,(H,26,28);4*1H. The summed E-state index contributed by atoms with van der Waals surface area (Å²) in [6.45, 7) is 6.00. The average molecular weight is 2190 g/mol. The van der Waals surface area contributed by atoms with Crippen molar-refractivity contribution >= 4 is 124 Å². The van der Waals surface area contributed by atoms with Crippen LogP contribution >= 0.6 is 61.4 Å². The Morgan fingerprint density at radius 3 is 0.738 bits per heavy atom. The molecule has 4 amide bonds. The fourth-order valence-electron chi connectivity index (χ4n) is 15.7. The summed E-state index contributed by atoms with van der Waals surface area (Å²) in [6.07, 6.45) is -11.6. The summed E-state index contributed by atoms with van der Waals surface area (Å²) in [4.78, 5) is 57.8. The molecule has 0 atom stereocenters. The molecule has 8 aromatic rings. The molecule has 780 valence electrons. The van der Waals surface area contributed by atoms with Crippen molar-refractivity contribution in [2.45, 2.75) is 138 Å². The Hall–Kier alpha value is -9.33. The largest absolute Gasteiger partial charge is 0.573 e. The monoisotopic (exact) mass is 2180 g/mol. The molecule has 0 aromatic heterocycles. The Bertz CT molecular complexity index is 5670. The number of likely N-dealkylation sites (tertiary alicyclic amines) is 4. The summed E-state index contributed by atoms with van der Waals surface area (Å²) < 4.78 is 292. The molecule has 4 saturated heterocycles. The van der Waals surface area contributed by atoms with Crippen molar-refractivity contribution in [2.24, 2.45) is 0 Å². The molecule has 8 aromatic carbocycles. The summed E-state index contributed by atoms with van der Waals surface area (Å²) in [5.74, 6) is -2.66. The molecule has 1 aliphatic carbocycles. The van der Waals surface area contributed by atoms with Gasteiger partial charge in [0, 0.05) is 104 Å². The van der Waals surface area contributed by atoms with Gasteiger partial charge >= 0.3 is 24.2 Å². The van der Waals surface area contributed by atoms with E-state index in [-0.39, 0.29) is 183 Å². The highest BCUT2D eigenvalue weighted by molar-refractivity contribution is 8.00. The third kappa shape index (κ3) is 30.2. The fourth-order valence-corrected chi connectivity index (χ4v) is 24.0. The first-order valence-corrected chi connectivity index (χ1v) is 48.7. The van der Waals surface area contributed by atoms with E-state index in [9.17, 15) is 126 Å². The van der Waals surface area contributed by atoms with E-state index in [1.54, 1.807) is 21.3 Å². The molecular formula is C88H102Cl4F12N8O24S5. The Morgan fingerprint density at radius 1 is 0.333 bits per heavy atom. The minimum atomic E-state index is -4.81. The van der Waals surface area contributed by atoms with Crippen LogP contribution in [0.1, 0.15) is 75.3 Å². The SMILES string of the molecule is COCCN1CCC(C(=O)NO)(S(=O)(=O)c2ccc(Oc3ccc(C(F)(F)F)cc3)cc2)CC1.COCCN1CCC(C(=O)NO)(S(=O)(=O)c2ccc(Oc3ccc(OC(F)(F)F)cc3)cc2)CC1.COCCN1CCC(C(=O)NO)(S(=O)(=O)c2ccc(Oc3ccc(SC(F)(F)F)cc3)cc2)CC1.Cl.Cl.Cl.Cl.O=C(NO)C1(S(=O)(=O)c2ccc(Oc3ccc(C(F)(F)F)cc3)cc2)CCN(C2CC2)CC1. The highest BCUT2D eigenvalue weighted by atomic mass is 35.5. The Morgan fingerprint density at radius 2 is 0.539 bits per heavy atom. The molecule has 0 spiro atoms. The van der Waals surface area contributed by atoms with Gasteiger partial charge in [-0.3, -0.25) is 40.0 Å². The number of hydroxylamine groups is 4. The maximum Gasteiger partial charge on any atom is 0.573 e. The van der Waals surface area contributed by atoms with Crippen LogP contribution in [0.2, 0.25) is 0 Å². The molecule has 13 rings (SSSR count). The second-order valence-corrected chi connectivity index (χ2v) is 42.1. The van der Waals surface area contributed by atoms with Gasteiger partial charge in [-0.25, -0.2) is 55.6 Å². The van der Waals surface area contributed by atoms with Crippen LogP contribution < -0.4 is 45.6 Å². The minimum absolute atomic E-state index is 0. The van der Waals surface area contributed by atoms with Gasteiger partial charge in [-0.15, -0.1) is 62.8 Å². The molecule has 32 nitrogen and oxygen atoms in total. The highest BCUT2D eigenvalue weighted by Crippen LogP contribution is 2.46. The zero-order chi connectivity index (χ0) is 100. The van der Waals surface area contributed by atoms with Crippen molar-refractivity contribution in [3.63, 3.8) is 0 Å². The lowest BCUT2D eigenvalue weighted by Gasteiger charge is -2.39. The summed E-state index contributed by atoms with van der Waals surface area (Å²) in [5.41, 5.74) is 0.0300. The zero-order valence-corrected chi connectivity index (χ0v) is 82.3. The van der Waals surface area contributed by atoms with E-state index < -0.39 is 123 Å². The van der Waals surface area contributed by atoms with E-state index in [1.165, 1.54) is 168 Å². The number of benzene rings is 8. The Labute approximate surface area is 832 Å². The van der Waals surface area contributed by atoms with Crippen LogP contribution in [0.25, 0.3) is 0 Å². The molecule has 141 heavy (non-hydrogen) atoms. The summed E-state index contributed by atoms with van der Waals surface area (Å²) in [6, 6.07) is 39.8. The van der Waals surface area contributed by atoms with Crippen LogP contribution in [0.5, 0.6) is 51.7 Å². The predicted molar refractivity (Wildman–Crippen MR) is 495 cm³/mol. The van der Waals surface area contributed by atoms with E-state index in [4.69, 9.17) is 33.2 Å². The van der Waals surface area contributed by atoms with Crippen molar-refractivity contribution in [1.29, 1.82) is 0 Å². The topological polar surface area (TPSA) is 421 Å². The van der Waals surface area contributed by atoms with E-state index in [2.05, 4.69) is 9.64 Å². The first-order chi connectivity index (χ1) is 64.6. The number of nitrogens with zero attached hydrogens (tertiary/aromatic N) is 4. The molecule has 0 bridgehead atoms. The molecular weight excluding hydrogens is 2080 g/mol. The second-order valence-electron chi connectivity index (χ2n) is 31.9. The Balaban J connectivity index is 0.000000285. The quantitative estimate of drug-likeness (QED) is 0.00840. The zero-order valence-electron chi connectivity index (χ0n) is 75.0. The summed E-state index contributed by atoms with van der Waals surface area (Å²) in [5, 5.41) is 37.1. The molecule has 1 saturated carbocycles. The van der Waals surface area contributed by atoms with E-state index in [1.807, 2.05) is 14.7 Å². The smallest absolute Gasteiger partial charge is 0.457 e. The minimum Gasteiger partial charge on any atom is -0.457 e. The van der Waals surface area contributed by atoms with Crippen LogP contribution in [0.15, 0.2) is 219 Å². The average Bonchev–Trinajstić information content (AvgIpc) is 1.53. The van der Waals surface area contributed by atoms with E-state index >= 15 is 0 Å². The maximum atomic E-state index is 13.5. The van der Waals surface area contributed by atoms with Crippen LogP contribution in [0.3, 0.4) is 0 Å². The number of methoxy groups -OCH3 is 3. The molecule has 0 unspecified atom stereocenters. The fraction of sp³-hybridized carbons (Fsp3) is 0.409. The molecule has 0 radical (unpaired) electrons. The van der Waals surface area contributed by atoms with Gasteiger partial charge in [-0.05, 0) is 270 Å². The third-order valence-corrected chi connectivity index (χ3v) is 34.4. The van der Waals surface area contributed by atoms with Crippen molar-refractivity contribution in [1.82, 2.24) is 41.5 Å². The van der Waals surface area contributed by atoms with E-state index in [0.717, 1.165) is 61.4 Å². The molecule has 4 aliphatic heterocycles. The highest BCUT2D eigenvalue weighted by Gasteiger charge is 2.58. The number of amides is 4. The van der Waals surface area contributed by atoms with Crippen LogP contribution in [-0.4, -0.2) is 248 Å². The lowest BCUT2D eigenvalue weighted by molar-refractivity contribution is -0.274. The van der Waals surface area contributed by atoms with Crippen molar-refractivity contribution in [3.8, 4) is 51.7 Å². The van der Waals surface area contributed by atoms with Gasteiger partial charge in [0.15, 0.2) is 58.3 Å². The van der Waals surface area contributed by atoms with Gasteiger partial charge < -0.3 is 57.5 Å². The predicted octanol–water partition coefficient (Wildman–Crippen LogP) is 15.7. The number of rotatable bonds is 32. The van der Waals surface area contributed by atoms with Crippen molar-refractivity contribution < 1.29 is 164 Å². The van der Waals surface area contributed by atoms with Gasteiger partial charge in [0.2, 0.25) is 0 Å². The first kappa shape index (κ1) is 120. The first-order valence-electron chi connectivity index (χ1n) is 41.9. The third-order valence-electron chi connectivity index (χ3n) is 23.6. The molecule has 5 aliphatic rings. The van der Waals surface area contributed by atoms with Crippen molar-refractivity contribution in [2.75, 3.05) is 113 Å². The molecule has 5 fully saturated rings. The number of carbonyl (C=O) groups excluding carboxylic acids is 4. The number of halogens is 16. The molecule has 4 heterocycles. The van der Waals surface area contributed by atoms with Gasteiger partial charge in [-0.1, -0.05) is 0 Å². The summed E-state index contributed by atoms with van der Waals surface area (Å²) >= 11 is -0.240. The molecule has 53 heteroatoms. The van der Waals surface area contributed by atoms with Crippen LogP contribution in [-0.2, 0) is 85.1 Å². The second kappa shape index (κ2) is 51.4. The number of carbonyl (C=O) groups is 4. The number of piperidine rings is 4. The van der Waals surface area contributed by atoms with Crippen LogP contribution in [0.4, 0.5) is 52.7 Å². The van der Waals surface area contributed by atoms with Gasteiger partial charge in [-0.2, -0.15) is 39.5 Å². The Kier molecular flexibility index (Phi) is 43.9. The number of alkyl halides is 12. The number of hydrogen-bond donors (Lipinski definition) is 8. The van der Waals surface area contributed by atoms with Crippen LogP contribution in [0, 0.1) is 0 Å². The van der Waals surface area contributed by atoms with E-state index in [0.29, 0.717) is 97.9 Å². The maximum absolute atomic E-state index is 13.5. The summed E-state index contributed by atoms with van der Waals surface area (Å²) in [7, 11) is -12.1. The number of ether oxygens (including phenoxy) is 8.